The summed E-state index contributed by atoms with van der Waals surface area (Å²) in [4.78, 5) is 13.1. The fourth-order valence-corrected chi connectivity index (χ4v) is 1.37. The van der Waals surface area contributed by atoms with Gasteiger partial charge >= 0.3 is 12.1 Å². The molecule has 0 spiro atoms. The summed E-state index contributed by atoms with van der Waals surface area (Å²) in [5, 5.41) is 17.0. The maximum absolute atomic E-state index is 12.6. The molecule has 0 amide bonds. The minimum Gasteiger partial charge on any atom is -0.481 e. The zero-order valence-electron chi connectivity index (χ0n) is 9.00. The van der Waals surface area contributed by atoms with Gasteiger partial charge in [0.2, 0.25) is 0 Å². The molecule has 0 radical (unpaired) electrons. The number of alkyl halides is 5. The number of nitrogens with zero attached hydrogens (tertiary/aromatic N) is 2. The van der Waals surface area contributed by atoms with Gasteiger partial charge in [-0.05, 0) is 11.6 Å². The van der Waals surface area contributed by atoms with E-state index in [4.69, 9.17) is 10.4 Å². The van der Waals surface area contributed by atoms with E-state index >= 15 is 0 Å². The maximum atomic E-state index is 12.6. The Hall–Kier alpha value is -2.24. The van der Waals surface area contributed by atoms with Gasteiger partial charge in [-0.25, -0.2) is 13.8 Å². The van der Waals surface area contributed by atoms with Crippen molar-refractivity contribution in [1.82, 2.24) is 4.98 Å². The third kappa shape index (κ3) is 3.37. The molecule has 1 aromatic rings. The number of carboxylic acid groups (broad SMARTS) is 1. The standard InChI is InChI=1S/C10H5F5N2O2/c11-9(12)7-5(3-16)1-4(2-6(18)19)8(17-7)10(13,14)15/h1,9H,2H2,(H,18,19). The average molecular weight is 280 g/mol. The monoisotopic (exact) mass is 280 g/mol. The van der Waals surface area contributed by atoms with Crippen molar-refractivity contribution in [3.8, 4) is 6.07 Å². The number of rotatable bonds is 3. The molecule has 1 rings (SSSR count). The van der Waals surface area contributed by atoms with Crippen LogP contribution in [0.2, 0.25) is 0 Å². The van der Waals surface area contributed by atoms with Gasteiger partial charge in [-0.15, -0.1) is 0 Å². The highest BCUT2D eigenvalue weighted by Crippen LogP contribution is 2.33. The van der Waals surface area contributed by atoms with Crippen LogP contribution >= 0.6 is 0 Å². The van der Waals surface area contributed by atoms with Crippen LogP contribution < -0.4 is 0 Å². The molecule has 1 heterocycles. The molecule has 102 valence electrons. The molecule has 4 nitrogen and oxygen atoms in total. The first-order valence-corrected chi connectivity index (χ1v) is 4.68. The molecule has 1 N–H and O–H groups in total. The Balaban J connectivity index is 3.54. The van der Waals surface area contributed by atoms with Crippen molar-refractivity contribution in [2.45, 2.75) is 19.0 Å². The van der Waals surface area contributed by atoms with E-state index in [9.17, 15) is 26.7 Å². The summed E-state index contributed by atoms with van der Waals surface area (Å²) in [6, 6.07) is 1.74. The number of carbonyl (C=O) groups is 1. The van der Waals surface area contributed by atoms with Gasteiger partial charge in [-0.1, -0.05) is 0 Å². The molecule has 0 fully saturated rings. The van der Waals surface area contributed by atoms with E-state index in [1.807, 2.05) is 0 Å². The normalized spacial score (nSPS) is 11.4. The smallest absolute Gasteiger partial charge is 0.433 e. The lowest BCUT2D eigenvalue weighted by molar-refractivity contribution is -0.142. The third-order valence-electron chi connectivity index (χ3n) is 2.07. The Kier molecular flexibility index (Phi) is 4.04. The molecule has 0 aliphatic rings. The largest absolute Gasteiger partial charge is 0.481 e. The molecule has 19 heavy (non-hydrogen) atoms. The molecule has 0 aromatic carbocycles. The Morgan fingerprint density at radius 2 is 2.05 bits per heavy atom. The predicted octanol–water partition coefficient (Wildman–Crippen LogP) is 2.54. The maximum Gasteiger partial charge on any atom is 0.433 e. The topological polar surface area (TPSA) is 74.0 Å². The second kappa shape index (κ2) is 5.17. The highest BCUT2D eigenvalue weighted by molar-refractivity contribution is 5.71. The van der Waals surface area contributed by atoms with Crippen molar-refractivity contribution in [3.63, 3.8) is 0 Å². The number of aromatic nitrogens is 1. The number of carboxylic acids is 1. The first kappa shape index (κ1) is 14.8. The zero-order chi connectivity index (χ0) is 14.8. The number of hydrogen-bond acceptors (Lipinski definition) is 3. The highest BCUT2D eigenvalue weighted by atomic mass is 19.4. The van der Waals surface area contributed by atoms with Gasteiger partial charge < -0.3 is 5.11 Å². The number of nitriles is 1. The number of aliphatic carboxylic acids is 1. The fourth-order valence-electron chi connectivity index (χ4n) is 1.37. The molecule has 0 bridgehead atoms. The van der Waals surface area contributed by atoms with E-state index < -0.39 is 47.5 Å². The molecule has 0 unspecified atom stereocenters. The van der Waals surface area contributed by atoms with Crippen molar-refractivity contribution >= 4 is 5.97 Å². The van der Waals surface area contributed by atoms with E-state index in [0.29, 0.717) is 6.07 Å². The van der Waals surface area contributed by atoms with Crippen molar-refractivity contribution in [2.24, 2.45) is 0 Å². The van der Waals surface area contributed by atoms with Crippen molar-refractivity contribution in [2.75, 3.05) is 0 Å². The van der Waals surface area contributed by atoms with Gasteiger partial charge in [0, 0.05) is 0 Å². The van der Waals surface area contributed by atoms with Crippen LogP contribution in [0.15, 0.2) is 6.07 Å². The fraction of sp³-hybridized carbons (Fsp3) is 0.300. The zero-order valence-corrected chi connectivity index (χ0v) is 9.00. The van der Waals surface area contributed by atoms with Crippen molar-refractivity contribution < 1.29 is 31.9 Å². The first-order chi connectivity index (χ1) is 8.66. The van der Waals surface area contributed by atoms with Gasteiger partial charge in [0.15, 0.2) is 0 Å². The van der Waals surface area contributed by atoms with Crippen LogP contribution in [0.3, 0.4) is 0 Å². The summed E-state index contributed by atoms with van der Waals surface area (Å²) in [5.74, 6) is -1.60. The SMILES string of the molecule is N#Cc1cc(CC(=O)O)c(C(F)(F)F)nc1C(F)F. The van der Waals surface area contributed by atoms with Crippen molar-refractivity contribution in [3.05, 3.63) is 28.6 Å². The lowest BCUT2D eigenvalue weighted by Crippen LogP contribution is -2.17. The van der Waals surface area contributed by atoms with Crippen molar-refractivity contribution in [1.29, 1.82) is 5.26 Å². The van der Waals surface area contributed by atoms with Crippen LogP contribution in [0.25, 0.3) is 0 Å². The molecule has 0 saturated carbocycles. The summed E-state index contributed by atoms with van der Waals surface area (Å²) >= 11 is 0. The number of pyridine rings is 1. The molecule has 0 saturated heterocycles. The van der Waals surface area contributed by atoms with Gasteiger partial charge in [0.25, 0.3) is 6.43 Å². The molecule has 9 heteroatoms. The lowest BCUT2D eigenvalue weighted by atomic mass is 10.0. The van der Waals surface area contributed by atoms with Crippen LogP contribution in [0.4, 0.5) is 22.0 Å². The van der Waals surface area contributed by atoms with Gasteiger partial charge in [-0.3, -0.25) is 4.79 Å². The Labute approximate surface area is 103 Å². The van der Waals surface area contributed by atoms with E-state index in [1.165, 1.54) is 6.07 Å². The quantitative estimate of drug-likeness (QED) is 0.863. The van der Waals surface area contributed by atoms with Crippen LogP contribution in [-0.2, 0) is 17.4 Å². The van der Waals surface area contributed by atoms with Crippen LogP contribution in [-0.4, -0.2) is 16.1 Å². The molecule has 0 aliphatic heterocycles. The van der Waals surface area contributed by atoms with E-state index in [1.54, 1.807) is 0 Å². The lowest BCUT2D eigenvalue weighted by Gasteiger charge is -2.13. The molecule has 1 aromatic heterocycles. The molecular weight excluding hydrogens is 275 g/mol. The molecule has 0 aliphatic carbocycles. The van der Waals surface area contributed by atoms with Gasteiger partial charge in [0.05, 0.1) is 12.0 Å². The van der Waals surface area contributed by atoms with Crippen LogP contribution in [0.5, 0.6) is 0 Å². The summed E-state index contributed by atoms with van der Waals surface area (Å²) in [6.07, 6.45) is -9.52. The molecule has 0 atom stereocenters. The second-order valence-corrected chi connectivity index (χ2v) is 3.41. The third-order valence-corrected chi connectivity index (χ3v) is 2.07. The van der Waals surface area contributed by atoms with E-state index in [2.05, 4.69) is 4.98 Å². The minimum atomic E-state index is -5.08. The highest BCUT2D eigenvalue weighted by Gasteiger charge is 2.37. The van der Waals surface area contributed by atoms with Crippen LogP contribution in [0, 0.1) is 11.3 Å². The Morgan fingerprint density at radius 3 is 2.42 bits per heavy atom. The summed E-state index contributed by atoms with van der Waals surface area (Å²) in [5.41, 5.74) is -4.65. The van der Waals surface area contributed by atoms with Gasteiger partial charge in [0.1, 0.15) is 17.5 Å². The minimum absolute atomic E-state index is 0.478. The Bertz CT molecular complexity index is 548. The first-order valence-electron chi connectivity index (χ1n) is 4.68. The van der Waals surface area contributed by atoms with Gasteiger partial charge in [-0.2, -0.15) is 18.4 Å². The summed E-state index contributed by atoms with van der Waals surface area (Å²) < 4.78 is 62.7. The number of hydrogen-bond donors (Lipinski definition) is 1. The van der Waals surface area contributed by atoms with Crippen LogP contribution in [0.1, 0.15) is 28.9 Å². The Morgan fingerprint density at radius 1 is 1.47 bits per heavy atom. The van der Waals surface area contributed by atoms with E-state index in [-0.39, 0.29) is 0 Å². The number of halogens is 5. The second-order valence-electron chi connectivity index (χ2n) is 3.41. The average Bonchev–Trinajstić information content (AvgIpc) is 2.25. The summed E-state index contributed by atoms with van der Waals surface area (Å²) in [6.45, 7) is 0. The summed E-state index contributed by atoms with van der Waals surface area (Å²) in [7, 11) is 0. The molecular formula is C10H5F5N2O2. The predicted molar refractivity (Wildman–Crippen MR) is 50.3 cm³/mol. The van der Waals surface area contributed by atoms with E-state index in [0.717, 1.165) is 0 Å².